The normalized spacial score (nSPS) is 20.9. The van der Waals surface area contributed by atoms with Crippen molar-refractivity contribution < 1.29 is 16.8 Å². The Bertz CT molecular complexity index is 725. The van der Waals surface area contributed by atoms with Gasteiger partial charge in [-0.1, -0.05) is 26.0 Å². The molecular formula is C15H24N2O4S2. The first-order valence-electron chi connectivity index (χ1n) is 7.73. The van der Waals surface area contributed by atoms with Gasteiger partial charge in [0, 0.05) is 19.1 Å². The Balaban J connectivity index is 1.82. The van der Waals surface area contributed by atoms with Gasteiger partial charge >= 0.3 is 0 Å². The number of hydrogen-bond donors (Lipinski definition) is 2. The second-order valence-corrected chi connectivity index (χ2v) is 10.2. The minimum Gasteiger partial charge on any atom is -0.312 e. The first-order valence-corrected chi connectivity index (χ1v) is 11.0. The molecule has 1 saturated heterocycles. The fraction of sp³-hybridized carbons (Fsp3) is 0.600. The van der Waals surface area contributed by atoms with Gasteiger partial charge < -0.3 is 5.32 Å². The van der Waals surface area contributed by atoms with Crippen LogP contribution in [0.2, 0.25) is 0 Å². The van der Waals surface area contributed by atoms with E-state index in [1.807, 2.05) is 12.1 Å². The molecule has 2 rings (SSSR count). The molecule has 2 N–H and O–H groups in total. The summed E-state index contributed by atoms with van der Waals surface area (Å²) in [7, 11) is -6.45. The lowest BCUT2D eigenvalue weighted by Crippen LogP contribution is -2.37. The zero-order chi connectivity index (χ0) is 17.1. The van der Waals surface area contributed by atoms with E-state index < -0.39 is 19.9 Å². The first kappa shape index (κ1) is 18.4. The zero-order valence-corrected chi connectivity index (χ0v) is 15.1. The molecule has 0 spiro atoms. The number of rotatable bonds is 7. The largest absolute Gasteiger partial charge is 0.312 e. The third kappa shape index (κ3) is 5.27. The maximum absolute atomic E-state index is 12.2. The van der Waals surface area contributed by atoms with Crippen LogP contribution in [-0.2, 0) is 19.9 Å². The van der Waals surface area contributed by atoms with Crippen LogP contribution in [0.5, 0.6) is 0 Å². The summed E-state index contributed by atoms with van der Waals surface area (Å²) in [6.45, 7) is 4.74. The molecule has 0 aromatic heterocycles. The third-order valence-corrected chi connectivity index (χ3v) is 7.18. The van der Waals surface area contributed by atoms with Crippen LogP contribution in [-0.4, -0.2) is 47.5 Å². The molecule has 1 atom stereocenters. The summed E-state index contributed by atoms with van der Waals surface area (Å²) >= 11 is 0. The molecule has 1 aromatic carbocycles. The Labute approximate surface area is 138 Å². The molecule has 0 unspecified atom stereocenters. The van der Waals surface area contributed by atoms with Crippen molar-refractivity contribution in [3.8, 4) is 0 Å². The molecule has 0 radical (unpaired) electrons. The van der Waals surface area contributed by atoms with Crippen molar-refractivity contribution >= 4 is 19.9 Å². The molecular weight excluding hydrogens is 336 g/mol. The van der Waals surface area contributed by atoms with E-state index in [2.05, 4.69) is 23.9 Å². The molecule has 1 aliphatic heterocycles. The molecule has 130 valence electrons. The van der Waals surface area contributed by atoms with Crippen LogP contribution in [0.25, 0.3) is 0 Å². The van der Waals surface area contributed by atoms with Crippen molar-refractivity contribution in [3.05, 3.63) is 29.8 Å². The van der Waals surface area contributed by atoms with Crippen molar-refractivity contribution in [2.24, 2.45) is 0 Å². The lowest BCUT2D eigenvalue weighted by molar-refractivity contribution is 0.542. The van der Waals surface area contributed by atoms with Gasteiger partial charge in [0.1, 0.15) is 0 Å². The molecule has 1 fully saturated rings. The van der Waals surface area contributed by atoms with Gasteiger partial charge in [0.15, 0.2) is 9.84 Å². The zero-order valence-electron chi connectivity index (χ0n) is 13.4. The average Bonchev–Trinajstić information content (AvgIpc) is 2.83. The Kier molecular flexibility index (Phi) is 5.83. The average molecular weight is 361 g/mol. The Morgan fingerprint density at radius 2 is 1.83 bits per heavy atom. The number of benzene rings is 1. The van der Waals surface area contributed by atoms with Crippen molar-refractivity contribution in [1.29, 1.82) is 0 Å². The molecule has 1 aliphatic rings. The van der Waals surface area contributed by atoms with E-state index in [1.54, 1.807) is 12.1 Å². The molecule has 1 heterocycles. The minimum absolute atomic E-state index is 0.0742. The van der Waals surface area contributed by atoms with E-state index in [4.69, 9.17) is 0 Å². The van der Waals surface area contributed by atoms with Crippen molar-refractivity contribution in [1.82, 2.24) is 10.0 Å². The highest BCUT2D eigenvalue weighted by Crippen LogP contribution is 2.17. The molecule has 0 saturated carbocycles. The van der Waals surface area contributed by atoms with Gasteiger partial charge in [-0.25, -0.2) is 21.6 Å². The third-order valence-electron chi connectivity index (χ3n) is 3.94. The van der Waals surface area contributed by atoms with Crippen LogP contribution >= 0.6 is 0 Å². The van der Waals surface area contributed by atoms with Gasteiger partial charge in [-0.3, -0.25) is 0 Å². The van der Waals surface area contributed by atoms with E-state index in [1.165, 1.54) is 0 Å². The highest BCUT2D eigenvalue weighted by Gasteiger charge is 2.27. The number of nitrogens with one attached hydrogen (secondary N) is 2. The summed E-state index contributed by atoms with van der Waals surface area (Å²) in [5.74, 6) is 0.696. The summed E-state index contributed by atoms with van der Waals surface area (Å²) in [4.78, 5) is 0.241. The van der Waals surface area contributed by atoms with Crippen LogP contribution < -0.4 is 10.0 Å². The van der Waals surface area contributed by atoms with E-state index >= 15 is 0 Å². The highest BCUT2D eigenvalue weighted by molar-refractivity contribution is 7.91. The molecule has 8 heteroatoms. The lowest BCUT2D eigenvalue weighted by atomic mass is 10.0. The SMILES string of the molecule is CC(C)c1ccc(S(=O)(=O)NCCN[C@@H]2CCS(=O)(=O)C2)cc1. The molecule has 0 amide bonds. The monoisotopic (exact) mass is 360 g/mol. The quantitative estimate of drug-likeness (QED) is 0.704. The van der Waals surface area contributed by atoms with Crippen molar-refractivity contribution in [2.75, 3.05) is 24.6 Å². The van der Waals surface area contributed by atoms with Gasteiger partial charge in [-0.05, 0) is 30.0 Å². The smallest absolute Gasteiger partial charge is 0.240 e. The van der Waals surface area contributed by atoms with Crippen molar-refractivity contribution in [2.45, 2.75) is 37.1 Å². The predicted octanol–water partition coefficient (Wildman–Crippen LogP) is 0.865. The second kappa shape index (κ2) is 7.29. The number of hydrogen-bond acceptors (Lipinski definition) is 5. The molecule has 23 heavy (non-hydrogen) atoms. The number of sulfone groups is 1. The van der Waals surface area contributed by atoms with E-state index in [-0.39, 0.29) is 29.0 Å². The van der Waals surface area contributed by atoms with Crippen LogP contribution in [0.3, 0.4) is 0 Å². The fourth-order valence-corrected chi connectivity index (χ4v) is 5.27. The van der Waals surface area contributed by atoms with Gasteiger partial charge in [-0.2, -0.15) is 0 Å². The topological polar surface area (TPSA) is 92.3 Å². The standard InChI is InChI=1S/C15H24N2O4S2/c1-12(2)13-3-5-15(6-4-13)23(20,21)17-9-8-16-14-7-10-22(18,19)11-14/h3-6,12,14,16-17H,7-11H2,1-2H3/t14-/m1/s1. The van der Waals surface area contributed by atoms with Crippen LogP contribution in [0.1, 0.15) is 31.7 Å². The fourth-order valence-electron chi connectivity index (χ4n) is 2.53. The van der Waals surface area contributed by atoms with Crippen LogP contribution in [0.4, 0.5) is 0 Å². The summed E-state index contributed by atoms with van der Waals surface area (Å²) in [6, 6.07) is 6.78. The molecule has 6 nitrogen and oxygen atoms in total. The summed E-state index contributed by atoms with van der Waals surface area (Å²) in [5.41, 5.74) is 1.09. The predicted molar refractivity (Wildman–Crippen MR) is 90.8 cm³/mol. The number of sulfonamides is 1. The van der Waals surface area contributed by atoms with Gasteiger partial charge in [-0.15, -0.1) is 0 Å². The Hall–Kier alpha value is -0.960. The van der Waals surface area contributed by atoms with Crippen LogP contribution in [0, 0.1) is 0 Å². The van der Waals surface area contributed by atoms with E-state index in [9.17, 15) is 16.8 Å². The molecule has 0 bridgehead atoms. The minimum atomic E-state index is -3.53. The lowest BCUT2D eigenvalue weighted by Gasteiger charge is -2.12. The van der Waals surface area contributed by atoms with Gasteiger partial charge in [0.25, 0.3) is 0 Å². The van der Waals surface area contributed by atoms with Crippen molar-refractivity contribution in [3.63, 3.8) is 0 Å². The van der Waals surface area contributed by atoms with Gasteiger partial charge in [0.2, 0.25) is 10.0 Å². The molecule has 0 aliphatic carbocycles. The highest BCUT2D eigenvalue weighted by atomic mass is 32.2. The molecule has 1 aromatic rings. The summed E-state index contributed by atoms with van der Waals surface area (Å²) < 4.78 is 49.6. The summed E-state index contributed by atoms with van der Waals surface area (Å²) in [5, 5.41) is 3.08. The second-order valence-electron chi connectivity index (χ2n) is 6.18. The maximum Gasteiger partial charge on any atom is 0.240 e. The first-order chi connectivity index (χ1) is 10.7. The maximum atomic E-state index is 12.2. The van der Waals surface area contributed by atoms with E-state index in [0.29, 0.717) is 18.9 Å². The van der Waals surface area contributed by atoms with E-state index in [0.717, 1.165) is 5.56 Å². The van der Waals surface area contributed by atoms with Crippen LogP contribution in [0.15, 0.2) is 29.2 Å². The Morgan fingerprint density at radius 1 is 1.17 bits per heavy atom. The summed E-state index contributed by atoms with van der Waals surface area (Å²) in [6.07, 6.45) is 0.589. The Morgan fingerprint density at radius 3 is 2.35 bits per heavy atom. The van der Waals surface area contributed by atoms with Gasteiger partial charge in [0.05, 0.1) is 16.4 Å².